The molecular weight excluding hydrogens is 424 g/mol. The number of rotatable bonds is 7. The molecule has 0 radical (unpaired) electrons. The molecule has 0 aliphatic rings. The molecule has 0 spiro atoms. The fraction of sp³-hybridized carbons (Fsp3) is 0.429. The van der Waals surface area contributed by atoms with Crippen LogP contribution in [-0.2, 0) is 6.18 Å². The van der Waals surface area contributed by atoms with Crippen molar-refractivity contribution in [1.29, 1.82) is 0 Å². The molecule has 0 aliphatic heterocycles. The topological polar surface area (TPSA) is 58.5 Å². The Hall–Kier alpha value is -1.52. The van der Waals surface area contributed by atoms with E-state index in [4.69, 9.17) is 4.74 Å². The Balaban J connectivity index is 0.00000484. The Labute approximate surface area is 150 Å². The molecule has 1 heterocycles. The van der Waals surface area contributed by atoms with E-state index in [1.54, 1.807) is 6.08 Å². The highest BCUT2D eigenvalue weighted by Crippen LogP contribution is 2.29. The lowest BCUT2D eigenvalue weighted by atomic mass is 10.3. The lowest BCUT2D eigenvalue weighted by Crippen LogP contribution is -2.37. The second-order valence-corrected chi connectivity index (χ2v) is 4.16. The smallest absolute Gasteiger partial charge is 0.417 e. The number of ether oxygens (including phenoxy) is 1. The van der Waals surface area contributed by atoms with Crippen LogP contribution in [-0.4, -0.2) is 37.2 Å². The third-order valence-electron chi connectivity index (χ3n) is 2.43. The van der Waals surface area contributed by atoms with Crippen LogP contribution in [0.2, 0.25) is 0 Å². The zero-order valence-electron chi connectivity index (χ0n) is 12.7. The van der Waals surface area contributed by atoms with Gasteiger partial charge in [-0.15, -0.1) is 30.6 Å². The van der Waals surface area contributed by atoms with Gasteiger partial charge in [-0.25, -0.2) is 9.98 Å². The molecule has 0 aromatic carbocycles. The minimum absolute atomic E-state index is 0. The number of nitrogens with zero attached hydrogens (tertiary/aromatic N) is 2. The van der Waals surface area contributed by atoms with Crippen LogP contribution >= 0.6 is 24.0 Å². The fourth-order valence-corrected chi connectivity index (χ4v) is 1.45. The normalized spacial score (nSPS) is 11.4. The number of hydrogen-bond acceptors (Lipinski definition) is 3. The van der Waals surface area contributed by atoms with Gasteiger partial charge in [0.1, 0.15) is 6.61 Å². The van der Waals surface area contributed by atoms with Gasteiger partial charge >= 0.3 is 6.18 Å². The zero-order valence-corrected chi connectivity index (χ0v) is 15.0. The molecule has 0 unspecified atom stereocenters. The molecular formula is C14H20F3IN4O. The third-order valence-corrected chi connectivity index (χ3v) is 2.43. The maximum absolute atomic E-state index is 12.4. The molecule has 130 valence electrons. The summed E-state index contributed by atoms with van der Waals surface area (Å²) in [5, 5.41) is 6.05. The summed E-state index contributed by atoms with van der Waals surface area (Å²) in [6.45, 7) is 7.38. The first-order valence-electron chi connectivity index (χ1n) is 6.76. The van der Waals surface area contributed by atoms with Crippen LogP contribution in [0.15, 0.2) is 36.0 Å². The Morgan fingerprint density at radius 3 is 2.65 bits per heavy atom. The van der Waals surface area contributed by atoms with Crippen molar-refractivity contribution < 1.29 is 17.9 Å². The summed E-state index contributed by atoms with van der Waals surface area (Å²) in [7, 11) is 0. The molecule has 9 heteroatoms. The van der Waals surface area contributed by atoms with E-state index in [1.807, 2.05) is 6.92 Å². The summed E-state index contributed by atoms with van der Waals surface area (Å²) >= 11 is 0. The van der Waals surface area contributed by atoms with Gasteiger partial charge in [0.05, 0.1) is 12.1 Å². The quantitative estimate of drug-likeness (QED) is 0.223. The lowest BCUT2D eigenvalue weighted by molar-refractivity contribution is -0.137. The van der Waals surface area contributed by atoms with Crippen LogP contribution in [0.3, 0.4) is 0 Å². The minimum Gasteiger partial charge on any atom is -0.476 e. The second-order valence-electron chi connectivity index (χ2n) is 4.16. The van der Waals surface area contributed by atoms with Crippen molar-refractivity contribution in [1.82, 2.24) is 15.6 Å². The van der Waals surface area contributed by atoms with E-state index in [0.29, 0.717) is 25.6 Å². The number of guanidine groups is 1. The highest BCUT2D eigenvalue weighted by Gasteiger charge is 2.30. The SMILES string of the molecule is C=CCNC(=NCCOc1ccc(C(F)(F)F)cn1)NCC.I. The molecule has 1 rings (SSSR count). The Morgan fingerprint density at radius 1 is 1.39 bits per heavy atom. The highest BCUT2D eigenvalue weighted by molar-refractivity contribution is 14.0. The molecule has 1 aromatic rings. The second kappa shape index (κ2) is 11.1. The molecule has 0 fully saturated rings. The van der Waals surface area contributed by atoms with Crippen molar-refractivity contribution in [2.24, 2.45) is 4.99 Å². The predicted molar refractivity (Wildman–Crippen MR) is 94.3 cm³/mol. The van der Waals surface area contributed by atoms with Crippen LogP contribution in [0.1, 0.15) is 12.5 Å². The third kappa shape index (κ3) is 8.62. The van der Waals surface area contributed by atoms with E-state index in [1.165, 1.54) is 6.07 Å². The Bertz CT molecular complexity index is 492. The molecule has 0 bridgehead atoms. The molecule has 2 N–H and O–H groups in total. The molecule has 0 saturated carbocycles. The number of aliphatic imine (C=N–C) groups is 1. The van der Waals surface area contributed by atoms with Crippen LogP contribution in [0.5, 0.6) is 5.88 Å². The maximum Gasteiger partial charge on any atom is 0.417 e. The predicted octanol–water partition coefficient (Wildman–Crippen LogP) is 2.84. The van der Waals surface area contributed by atoms with Crippen molar-refractivity contribution in [3.05, 3.63) is 36.5 Å². The van der Waals surface area contributed by atoms with Gasteiger partial charge < -0.3 is 15.4 Å². The lowest BCUT2D eigenvalue weighted by Gasteiger charge is -2.10. The van der Waals surface area contributed by atoms with Gasteiger partial charge in [0, 0.05) is 25.4 Å². The first kappa shape index (κ1) is 21.5. The van der Waals surface area contributed by atoms with Crippen LogP contribution in [0, 0.1) is 0 Å². The standard InChI is InChI=1S/C14H19F3N4O.HI/c1-3-7-19-13(18-4-2)20-8-9-22-12-6-5-11(10-21-12)14(15,16)17;/h3,5-6,10H,1,4,7-9H2,2H3,(H2,18,19,20);1H. The van der Waals surface area contributed by atoms with Crippen LogP contribution in [0.4, 0.5) is 13.2 Å². The summed E-state index contributed by atoms with van der Waals surface area (Å²) in [5.74, 6) is 0.749. The monoisotopic (exact) mass is 444 g/mol. The molecule has 0 saturated heterocycles. The highest BCUT2D eigenvalue weighted by atomic mass is 127. The summed E-state index contributed by atoms with van der Waals surface area (Å²) < 4.78 is 42.4. The summed E-state index contributed by atoms with van der Waals surface area (Å²) in [5.41, 5.74) is -0.805. The summed E-state index contributed by atoms with van der Waals surface area (Å²) in [4.78, 5) is 7.85. The minimum atomic E-state index is -4.40. The molecule has 0 atom stereocenters. The molecule has 5 nitrogen and oxygen atoms in total. The summed E-state index contributed by atoms with van der Waals surface area (Å²) in [6.07, 6.45) is -1.95. The fourth-order valence-electron chi connectivity index (χ4n) is 1.45. The summed E-state index contributed by atoms with van der Waals surface area (Å²) in [6, 6.07) is 2.12. The average Bonchev–Trinajstić information content (AvgIpc) is 2.48. The van der Waals surface area contributed by atoms with Gasteiger partial charge in [0.2, 0.25) is 5.88 Å². The van der Waals surface area contributed by atoms with Crippen LogP contribution in [0.25, 0.3) is 0 Å². The van der Waals surface area contributed by atoms with E-state index in [2.05, 4.69) is 27.2 Å². The first-order chi connectivity index (χ1) is 10.5. The van der Waals surface area contributed by atoms with Gasteiger partial charge in [-0.3, -0.25) is 0 Å². The average molecular weight is 444 g/mol. The van der Waals surface area contributed by atoms with Gasteiger partial charge in [-0.2, -0.15) is 13.2 Å². The molecule has 1 aromatic heterocycles. The van der Waals surface area contributed by atoms with E-state index in [0.717, 1.165) is 12.3 Å². The van der Waals surface area contributed by atoms with Crippen molar-refractivity contribution in [2.75, 3.05) is 26.2 Å². The van der Waals surface area contributed by atoms with Crippen LogP contribution < -0.4 is 15.4 Å². The van der Waals surface area contributed by atoms with Crippen molar-refractivity contribution in [3.63, 3.8) is 0 Å². The molecule has 23 heavy (non-hydrogen) atoms. The van der Waals surface area contributed by atoms with Gasteiger partial charge in [-0.05, 0) is 13.0 Å². The van der Waals surface area contributed by atoms with Gasteiger partial charge in [0.25, 0.3) is 0 Å². The number of pyridine rings is 1. The molecule has 0 amide bonds. The van der Waals surface area contributed by atoms with E-state index in [9.17, 15) is 13.2 Å². The van der Waals surface area contributed by atoms with E-state index in [-0.39, 0.29) is 36.5 Å². The van der Waals surface area contributed by atoms with Gasteiger partial charge in [-0.1, -0.05) is 6.08 Å². The Morgan fingerprint density at radius 2 is 2.13 bits per heavy atom. The first-order valence-corrected chi connectivity index (χ1v) is 6.76. The number of halogens is 4. The number of hydrogen-bond donors (Lipinski definition) is 2. The van der Waals surface area contributed by atoms with Gasteiger partial charge in [0.15, 0.2) is 5.96 Å². The number of alkyl halides is 3. The maximum atomic E-state index is 12.4. The number of nitrogens with one attached hydrogen (secondary N) is 2. The van der Waals surface area contributed by atoms with E-state index < -0.39 is 11.7 Å². The van der Waals surface area contributed by atoms with E-state index >= 15 is 0 Å². The van der Waals surface area contributed by atoms with Crippen molar-refractivity contribution >= 4 is 29.9 Å². The van der Waals surface area contributed by atoms with Crippen molar-refractivity contribution in [2.45, 2.75) is 13.1 Å². The Kier molecular flexibility index (Phi) is 10.4. The van der Waals surface area contributed by atoms with Crippen molar-refractivity contribution in [3.8, 4) is 5.88 Å². The largest absolute Gasteiger partial charge is 0.476 e. The zero-order chi connectivity index (χ0) is 16.4. The molecule has 0 aliphatic carbocycles. The number of aromatic nitrogens is 1.